The topological polar surface area (TPSA) is 47.9 Å². The van der Waals surface area contributed by atoms with Gasteiger partial charge >= 0.3 is 0 Å². The molecule has 0 amide bonds. The van der Waals surface area contributed by atoms with Gasteiger partial charge in [0.05, 0.1) is 18.8 Å². The first-order valence-electron chi connectivity index (χ1n) is 7.77. The van der Waals surface area contributed by atoms with Crippen LogP contribution in [0.15, 0.2) is 30.3 Å². The van der Waals surface area contributed by atoms with Gasteiger partial charge in [0.25, 0.3) is 0 Å². The third-order valence-corrected chi connectivity index (χ3v) is 4.03. The maximum absolute atomic E-state index is 10.7. The van der Waals surface area contributed by atoms with E-state index in [9.17, 15) is 5.11 Å². The SMILES string of the molecule is CCOC(OCC)C1CCC1(O)COCc1ccccc1. The standard InChI is InChI=1S/C17H26O4/c1-3-20-16(21-4-2)15-10-11-17(15,18)13-19-12-14-8-6-5-7-9-14/h5-9,15-16,18H,3-4,10-13H2,1-2H3. The van der Waals surface area contributed by atoms with Crippen molar-refractivity contribution in [1.82, 2.24) is 0 Å². The van der Waals surface area contributed by atoms with E-state index in [0.717, 1.165) is 18.4 Å². The molecule has 0 bridgehead atoms. The van der Waals surface area contributed by atoms with Gasteiger partial charge < -0.3 is 19.3 Å². The van der Waals surface area contributed by atoms with Crippen molar-refractivity contribution in [1.29, 1.82) is 0 Å². The van der Waals surface area contributed by atoms with Gasteiger partial charge in [-0.3, -0.25) is 0 Å². The van der Waals surface area contributed by atoms with Crippen LogP contribution in [-0.2, 0) is 20.8 Å². The van der Waals surface area contributed by atoms with Crippen LogP contribution in [0.3, 0.4) is 0 Å². The Hall–Kier alpha value is -0.940. The van der Waals surface area contributed by atoms with E-state index in [-0.39, 0.29) is 12.2 Å². The van der Waals surface area contributed by atoms with E-state index >= 15 is 0 Å². The highest BCUT2D eigenvalue weighted by Crippen LogP contribution is 2.42. The summed E-state index contributed by atoms with van der Waals surface area (Å²) in [5.41, 5.74) is 0.284. The molecule has 0 saturated heterocycles. The molecule has 1 aliphatic carbocycles. The van der Waals surface area contributed by atoms with E-state index in [1.165, 1.54) is 0 Å². The third-order valence-electron chi connectivity index (χ3n) is 4.03. The zero-order chi connectivity index (χ0) is 15.1. The summed E-state index contributed by atoms with van der Waals surface area (Å²) >= 11 is 0. The molecule has 0 aliphatic heterocycles. The highest BCUT2D eigenvalue weighted by molar-refractivity contribution is 5.13. The first-order valence-corrected chi connectivity index (χ1v) is 7.77. The van der Waals surface area contributed by atoms with E-state index in [4.69, 9.17) is 14.2 Å². The lowest BCUT2D eigenvalue weighted by atomic mass is 9.69. The molecule has 0 aromatic heterocycles. The Morgan fingerprint density at radius 3 is 2.38 bits per heavy atom. The monoisotopic (exact) mass is 294 g/mol. The van der Waals surface area contributed by atoms with Crippen molar-refractivity contribution < 1.29 is 19.3 Å². The Kier molecular flexibility index (Phi) is 6.18. The molecule has 2 unspecified atom stereocenters. The molecule has 118 valence electrons. The van der Waals surface area contributed by atoms with Crippen LogP contribution in [0.2, 0.25) is 0 Å². The normalized spacial score (nSPS) is 25.0. The van der Waals surface area contributed by atoms with Crippen LogP contribution in [0.5, 0.6) is 0 Å². The minimum atomic E-state index is -0.830. The molecule has 4 nitrogen and oxygen atoms in total. The van der Waals surface area contributed by atoms with Crippen molar-refractivity contribution in [2.75, 3.05) is 19.8 Å². The second-order valence-corrected chi connectivity index (χ2v) is 5.51. The quantitative estimate of drug-likeness (QED) is 0.711. The van der Waals surface area contributed by atoms with Gasteiger partial charge in [-0.15, -0.1) is 0 Å². The largest absolute Gasteiger partial charge is 0.387 e. The van der Waals surface area contributed by atoms with Crippen molar-refractivity contribution in [2.24, 2.45) is 5.92 Å². The van der Waals surface area contributed by atoms with E-state index < -0.39 is 5.60 Å². The lowest BCUT2D eigenvalue weighted by Crippen LogP contribution is -2.56. The maximum atomic E-state index is 10.7. The first-order chi connectivity index (χ1) is 10.2. The second-order valence-electron chi connectivity index (χ2n) is 5.51. The fraction of sp³-hybridized carbons (Fsp3) is 0.647. The van der Waals surface area contributed by atoms with Crippen LogP contribution >= 0.6 is 0 Å². The Labute approximate surface area is 127 Å². The number of ether oxygens (including phenoxy) is 3. The van der Waals surface area contributed by atoms with Crippen LogP contribution in [0.25, 0.3) is 0 Å². The van der Waals surface area contributed by atoms with Crippen molar-refractivity contribution in [3.8, 4) is 0 Å². The zero-order valence-corrected chi connectivity index (χ0v) is 13.0. The van der Waals surface area contributed by atoms with E-state index in [1.54, 1.807) is 0 Å². The third kappa shape index (κ3) is 4.27. The maximum Gasteiger partial charge on any atom is 0.163 e. The summed E-state index contributed by atoms with van der Waals surface area (Å²) in [7, 11) is 0. The number of benzene rings is 1. The predicted molar refractivity (Wildman–Crippen MR) is 80.8 cm³/mol. The first kappa shape index (κ1) is 16.4. The highest BCUT2D eigenvalue weighted by atomic mass is 16.7. The van der Waals surface area contributed by atoms with Gasteiger partial charge in [0, 0.05) is 19.1 Å². The lowest BCUT2D eigenvalue weighted by molar-refractivity contribution is -0.255. The molecule has 1 fully saturated rings. The molecule has 0 spiro atoms. The molecular formula is C17H26O4. The Bertz CT molecular complexity index is 403. The van der Waals surface area contributed by atoms with Gasteiger partial charge in [-0.25, -0.2) is 0 Å². The molecule has 0 heterocycles. The molecule has 1 N–H and O–H groups in total. The minimum absolute atomic E-state index is 0.00632. The molecule has 1 saturated carbocycles. The number of rotatable bonds is 9. The van der Waals surface area contributed by atoms with Gasteiger partial charge in [0.15, 0.2) is 6.29 Å². The summed E-state index contributed by atoms with van der Waals surface area (Å²) in [6.07, 6.45) is 1.32. The number of hydrogen-bond donors (Lipinski definition) is 1. The molecule has 1 aliphatic rings. The predicted octanol–water partition coefficient (Wildman–Crippen LogP) is 2.74. The Morgan fingerprint density at radius 1 is 1.19 bits per heavy atom. The average molecular weight is 294 g/mol. The van der Waals surface area contributed by atoms with Crippen LogP contribution in [-0.4, -0.2) is 36.8 Å². The Morgan fingerprint density at radius 2 is 1.86 bits per heavy atom. The fourth-order valence-corrected chi connectivity index (χ4v) is 2.74. The molecule has 4 heteroatoms. The Balaban J connectivity index is 1.83. The lowest BCUT2D eigenvalue weighted by Gasteiger charge is -2.48. The van der Waals surface area contributed by atoms with E-state index in [2.05, 4.69) is 0 Å². The summed E-state index contributed by atoms with van der Waals surface area (Å²) < 4.78 is 16.9. The molecule has 0 radical (unpaired) electrons. The molecule has 21 heavy (non-hydrogen) atoms. The van der Waals surface area contributed by atoms with E-state index in [0.29, 0.717) is 26.4 Å². The number of aliphatic hydroxyl groups is 1. The van der Waals surface area contributed by atoms with Crippen molar-refractivity contribution in [2.45, 2.75) is 45.2 Å². The molecular weight excluding hydrogens is 268 g/mol. The highest BCUT2D eigenvalue weighted by Gasteiger charge is 2.50. The van der Waals surface area contributed by atoms with Crippen LogP contribution in [0.1, 0.15) is 32.3 Å². The molecule has 1 aromatic rings. The summed E-state index contributed by atoms with van der Waals surface area (Å²) in [4.78, 5) is 0. The average Bonchev–Trinajstić information content (AvgIpc) is 2.48. The minimum Gasteiger partial charge on any atom is -0.387 e. The van der Waals surface area contributed by atoms with Crippen molar-refractivity contribution >= 4 is 0 Å². The van der Waals surface area contributed by atoms with Gasteiger partial charge in [0.1, 0.15) is 0 Å². The van der Waals surface area contributed by atoms with Crippen LogP contribution in [0, 0.1) is 5.92 Å². The number of hydrogen-bond acceptors (Lipinski definition) is 4. The summed E-state index contributed by atoms with van der Waals surface area (Å²) in [6.45, 7) is 5.89. The van der Waals surface area contributed by atoms with Crippen LogP contribution in [0.4, 0.5) is 0 Å². The zero-order valence-electron chi connectivity index (χ0n) is 13.0. The van der Waals surface area contributed by atoms with Crippen molar-refractivity contribution in [3.05, 3.63) is 35.9 Å². The fourth-order valence-electron chi connectivity index (χ4n) is 2.74. The van der Waals surface area contributed by atoms with E-state index in [1.807, 2.05) is 44.2 Å². The van der Waals surface area contributed by atoms with Gasteiger partial charge in [-0.2, -0.15) is 0 Å². The molecule has 2 rings (SSSR count). The van der Waals surface area contributed by atoms with Crippen LogP contribution < -0.4 is 0 Å². The summed E-state index contributed by atoms with van der Waals surface area (Å²) in [5.74, 6) is -0.00632. The second kappa shape index (κ2) is 7.90. The van der Waals surface area contributed by atoms with Gasteiger partial charge in [-0.1, -0.05) is 30.3 Å². The summed E-state index contributed by atoms with van der Waals surface area (Å²) in [5, 5.41) is 10.7. The summed E-state index contributed by atoms with van der Waals surface area (Å²) in [6, 6.07) is 9.99. The molecule has 2 atom stereocenters. The van der Waals surface area contributed by atoms with Gasteiger partial charge in [0.2, 0.25) is 0 Å². The molecule has 1 aromatic carbocycles. The van der Waals surface area contributed by atoms with Gasteiger partial charge in [-0.05, 0) is 32.3 Å². The smallest absolute Gasteiger partial charge is 0.163 e. The van der Waals surface area contributed by atoms with Crippen molar-refractivity contribution in [3.63, 3.8) is 0 Å².